The van der Waals surface area contributed by atoms with Crippen LogP contribution < -0.4 is 4.89 Å². The van der Waals surface area contributed by atoms with Crippen molar-refractivity contribution >= 4 is 7.60 Å². The standard InChI is InChI=1S/C11H26NO4P/c1-9(2)6-7-10(12(3,4)5)11(13)8-17(14,15)16/h9-11,13H,6-8H2,1-5H3,(H-,14,15,16)/t10-,11-/m1/s1. The summed E-state index contributed by atoms with van der Waals surface area (Å²) in [5.41, 5.74) is 0. The number of aliphatic hydroxyl groups is 1. The van der Waals surface area contributed by atoms with E-state index in [9.17, 15) is 14.6 Å². The molecule has 5 nitrogen and oxygen atoms in total. The third-order valence-electron chi connectivity index (χ3n) is 2.90. The number of hydrogen-bond donors (Lipinski definition) is 2. The minimum Gasteiger partial charge on any atom is -0.779 e. The minimum absolute atomic E-state index is 0.188. The Bertz CT molecular complexity index is 269. The van der Waals surface area contributed by atoms with Gasteiger partial charge in [0, 0.05) is 12.6 Å². The largest absolute Gasteiger partial charge is 0.779 e. The van der Waals surface area contributed by atoms with E-state index in [2.05, 4.69) is 13.8 Å². The molecule has 0 fully saturated rings. The van der Waals surface area contributed by atoms with Gasteiger partial charge in [0.1, 0.15) is 19.7 Å². The zero-order valence-electron chi connectivity index (χ0n) is 11.5. The molecule has 3 atom stereocenters. The highest BCUT2D eigenvalue weighted by molar-refractivity contribution is 7.50. The van der Waals surface area contributed by atoms with Gasteiger partial charge in [0.25, 0.3) is 0 Å². The number of quaternary nitrogens is 1. The van der Waals surface area contributed by atoms with Gasteiger partial charge >= 0.3 is 0 Å². The molecule has 0 radical (unpaired) electrons. The molecular formula is C11H26NO4P. The maximum atomic E-state index is 10.8. The van der Waals surface area contributed by atoms with Crippen molar-refractivity contribution < 1.29 is 23.9 Å². The van der Waals surface area contributed by atoms with Crippen LogP contribution in [0.3, 0.4) is 0 Å². The molecule has 0 saturated heterocycles. The number of likely N-dealkylation sites (N-methyl/N-ethyl adjacent to an activating group) is 1. The van der Waals surface area contributed by atoms with Crippen LogP contribution in [0.25, 0.3) is 0 Å². The predicted molar refractivity (Wildman–Crippen MR) is 66.6 cm³/mol. The van der Waals surface area contributed by atoms with Crippen LogP contribution >= 0.6 is 7.60 Å². The summed E-state index contributed by atoms with van der Waals surface area (Å²) in [4.78, 5) is 19.6. The third-order valence-corrected chi connectivity index (χ3v) is 3.73. The molecule has 0 spiro atoms. The first kappa shape index (κ1) is 17.1. The Balaban J connectivity index is 4.63. The van der Waals surface area contributed by atoms with E-state index in [4.69, 9.17) is 4.89 Å². The molecule has 0 amide bonds. The lowest BCUT2D eigenvalue weighted by Crippen LogP contribution is -2.53. The third kappa shape index (κ3) is 7.90. The van der Waals surface area contributed by atoms with Crippen molar-refractivity contribution in [1.82, 2.24) is 0 Å². The smallest absolute Gasteiger partial charge is 0.135 e. The molecule has 104 valence electrons. The number of aliphatic hydroxyl groups excluding tert-OH is 1. The molecule has 0 bridgehead atoms. The van der Waals surface area contributed by atoms with Gasteiger partial charge in [-0.05, 0) is 12.3 Å². The summed E-state index contributed by atoms with van der Waals surface area (Å²) >= 11 is 0. The molecule has 0 heterocycles. The lowest BCUT2D eigenvalue weighted by Gasteiger charge is -2.38. The van der Waals surface area contributed by atoms with Crippen LogP contribution in [0, 0.1) is 5.92 Å². The van der Waals surface area contributed by atoms with Crippen molar-refractivity contribution in [1.29, 1.82) is 0 Å². The lowest BCUT2D eigenvalue weighted by molar-refractivity contribution is -0.900. The Hall–Kier alpha value is 0.0700. The normalized spacial score (nSPS) is 20.1. The number of nitrogens with zero attached hydrogens (tertiary/aromatic N) is 1. The topological polar surface area (TPSA) is 80.6 Å². The zero-order chi connectivity index (χ0) is 13.9. The van der Waals surface area contributed by atoms with Crippen LogP contribution in [0.4, 0.5) is 0 Å². The maximum absolute atomic E-state index is 10.8. The van der Waals surface area contributed by atoms with E-state index in [0.29, 0.717) is 10.4 Å². The molecule has 2 N–H and O–H groups in total. The molecular weight excluding hydrogens is 241 g/mol. The van der Waals surface area contributed by atoms with Crippen molar-refractivity contribution in [3.8, 4) is 0 Å². The van der Waals surface area contributed by atoms with Crippen molar-refractivity contribution in [2.24, 2.45) is 5.92 Å². The second kappa shape index (κ2) is 6.30. The fourth-order valence-corrected chi connectivity index (χ4v) is 2.67. The van der Waals surface area contributed by atoms with Gasteiger partial charge in [-0.3, -0.25) is 0 Å². The second-order valence-corrected chi connectivity index (χ2v) is 7.68. The Labute approximate surface area is 104 Å². The Morgan fingerprint density at radius 1 is 1.24 bits per heavy atom. The van der Waals surface area contributed by atoms with E-state index in [1.807, 2.05) is 21.1 Å². The van der Waals surface area contributed by atoms with Crippen LogP contribution in [0.2, 0.25) is 0 Å². The highest BCUT2D eigenvalue weighted by Gasteiger charge is 2.32. The molecule has 0 aliphatic rings. The summed E-state index contributed by atoms with van der Waals surface area (Å²) in [5, 5.41) is 9.95. The first-order valence-electron chi connectivity index (χ1n) is 5.95. The van der Waals surface area contributed by atoms with Gasteiger partial charge in [0.15, 0.2) is 0 Å². The summed E-state index contributed by atoms with van der Waals surface area (Å²) in [5.74, 6) is 0.504. The van der Waals surface area contributed by atoms with Crippen LogP contribution in [0.1, 0.15) is 26.7 Å². The summed E-state index contributed by atoms with van der Waals surface area (Å²) in [7, 11) is 1.35. The van der Waals surface area contributed by atoms with E-state index in [0.717, 1.165) is 12.8 Å². The Morgan fingerprint density at radius 3 is 2.00 bits per heavy atom. The molecule has 0 saturated carbocycles. The van der Waals surface area contributed by atoms with E-state index in [1.54, 1.807) is 0 Å². The fraction of sp³-hybridized carbons (Fsp3) is 1.00. The van der Waals surface area contributed by atoms with Crippen LogP contribution in [0.5, 0.6) is 0 Å². The molecule has 0 rings (SSSR count). The zero-order valence-corrected chi connectivity index (χ0v) is 12.4. The molecule has 17 heavy (non-hydrogen) atoms. The Morgan fingerprint density at radius 2 is 1.71 bits per heavy atom. The SMILES string of the molecule is CC(C)CC[C@H]([C@H](O)CP(=O)([O-])O)[N+](C)(C)C. The molecule has 0 aliphatic heterocycles. The highest BCUT2D eigenvalue weighted by Crippen LogP contribution is 2.32. The van der Waals surface area contributed by atoms with Gasteiger partial charge < -0.3 is 23.9 Å². The van der Waals surface area contributed by atoms with Gasteiger partial charge in [0.2, 0.25) is 0 Å². The fourth-order valence-electron chi connectivity index (χ4n) is 1.96. The highest BCUT2D eigenvalue weighted by atomic mass is 31.2. The second-order valence-electron chi connectivity index (χ2n) is 6.04. The minimum atomic E-state index is -4.40. The van der Waals surface area contributed by atoms with Crippen molar-refractivity contribution in [2.45, 2.75) is 38.8 Å². The number of rotatable bonds is 7. The maximum Gasteiger partial charge on any atom is 0.135 e. The molecule has 1 unspecified atom stereocenters. The van der Waals surface area contributed by atoms with Crippen LogP contribution in [-0.2, 0) is 4.57 Å². The van der Waals surface area contributed by atoms with Crippen molar-refractivity contribution in [2.75, 3.05) is 27.3 Å². The van der Waals surface area contributed by atoms with Gasteiger partial charge in [0.05, 0.1) is 21.1 Å². The molecule has 0 aliphatic carbocycles. The average molecular weight is 267 g/mol. The van der Waals surface area contributed by atoms with E-state index < -0.39 is 19.9 Å². The summed E-state index contributed by atoms with van der Waals surface area (Å²) in [6, 6.07) is -0.188. The Kier molecular flexibility index (Phi) is 6.33. The van der Waals surface area contributed by atoms with Crippen molar-refractivity contribution in [3.63, 3.8) is 0 Å². The van der Waals surface area contributed by atoms with Crippen LogP contribution in [0.15, 0.2) is 0 Å². The lowest BCUT2D eigenvalue weighted by atomic mass is 9.98. The van der Waals surface area contributed by atoms with E-state index >= 15 is 0 Å². The quantitative estimate of drug-likeness (QED) is 0.517. The molecule has 0 aromatic heterocycles. The monoisotopic (exact) mass is 267 g/mol. The summed E-state index contributed by atoms with van der Waals surface area (Å²) in [6.45, 7) is 4.17. The summed E-state index contributed by atoms with van der Waals surface area (Å²) < 4.78 is 11.3. The van der Waals surface area contributed by atoms with Gasteiger partial charge in [-0.1, -0.05) is 13.8 Å². The van der Waals surface area contributed by atoms with Crippen LogP contribution in [-0.4, -0.2) is 53.9 Å². The van der Waals surface area contributed by atoms with Crippen molar-refractivity contribution in [3.05, 3.63) is 0 Å². The van der Waals surface area contributed by atoms with Gasteiger partial charge in [-0.2, -0.15) is 0 Å². The molecule has 6 heteroatoms. The molecule has 0 aromatic rings. The average Bonchev–Trinajstić information content (AvgIpc) is 1.96. The summed E-state index contributed by atoms with van der Waals surface area (Å²) in [6.07, 6.45) is 0.0708. The van der Waals surface area contributed by atoms with Gasteiger partial charge in [-0.15, -0.1) is 0 Å². The van der Waals surface area contributed by atoms with E-state index in [-0.39, 0.29) is 6.04 Å². The number of hydrogen-bond acceptors (Lipinski definition) is 3. The van der Waals surface area contributed by atoms with Gasteiger partial charge in [-0.25, -0.2) is 0 Å². The van der Waals surface area contributed by atoms with E-state index in [1.165, 1.54) is 0 Å². The first-order valence-corrected chi connectivity index (χ1v) is 7.71. The molecule has 0 aromatic carbocycles. The predicted octanol–water partition coefficient (Wildman–Crippen LogP) is 0.404. The first-order chi connectivity index (χ1) is 7.43.